The van der Waals surface area contributed by atoms with Crippen LogP contribution in [0.5, 0.6) is 5.75 Å². The molecule has 1 fully saturated rings. The van der Waals surface area contributed by atoms with Gasteiger partial charge in [0, 0.05) is 17.1 Å². The Hall–Kier alpha value is -1.63. The van der Waals surface area contributed by atoms with Crippen molar-refractivity contribution >= 4 is 28.8 Å². The van der Waals surface area contributed by atoms with Gasteiger partial charge in [-0.2, -0.15) is 0 Å². The van der Waals surface area contributed by atoms with Crippen molar-refractivity contribution in [3.05, 3.63) is 44.9 Å². The van der Waals surface area contributed by atoms with Gasteiger partial charge in [-0.25, -0.2) is 4.98 Å². The molecule has 1 amide bonds. The van der Waals surface area contributed by atoms with Gasteiger partial charge in [0.2, 0.25) is 0 Å². The summed E-state index contributed by atoms with van der Waals surface area (Å²) in [6.45, 7) is 5.32. The fourth-order valence-electron chi connectivity index (χ4n) is 2.88. The number of amides is 1. The number of aryl methyl sites for hydroxylation is 1. The Labute approximate surface area is 156 Å². The van der Waals surface area contributed by atoms with Crippen LogP contribution in [0.1, 0.15) is 40.1 Å². The Morgan fingerprint density at radius 1 is 1.44 bits per heavy atom. The number of nitrogens with one attached hydrogen (secondary N) is 2. The van der Waals surface area contributed by atoms with Gasteiger partial charge in [0.05, 0.1) is 5.69 Å². The molecule has 2 aromatic rings. The topological polar surface area (TPSA) is 63.2 Å². The summed E-state index contributed by atoms with van der Waals surface area (Å²) < 4.78 is 5.71. The van der Waals surface area contributed by atoms with Crippen molar-refractivity contribution < 1.29 is 9.53 Å². The third-order valence-electron chi connectivity index (χ3n) is 4.30. The number of hydrogen-bond acceptors (Lipinski definition) is 5. The fourth-order valence-corrected chi connectivity index (χ4v) is 3.88. The lowest BCUT2D eigenvalue weighted by atomic mass is 10.00. The van der Waals surface area contributed by atoms with Crippen LogP contribution in [0.25, 0.3) is 0 Å². The second kappa shape index (κ2) is 8.17. The van der Waals surface area contributed by atoms with Gasteiger partial charge in [-0.15, -0.1) is 11.3 Å². The molecule has 25 heavy (non-hydrogen) atoms. The maximum absolute atomic E-state index is 12.6. The van der Waals surface area contributed by atoms with Crippen LogP contribution in [0.3, 0.4) is 0 Å². The summed E-state index contributed by atoms with van der Waals surface area (Å²) in [6, 6.07) is 7.64. The van der Waals surface area contributed by atoms with E-state index in [1.165, 1.54) is 11.3 Å². The van der Waals surface area contributed by atoms with Crippen molar-refractivity contribution in [3.8, 4) is 5.75 Å². The molecular formula is C18H22ClN3O2S. The number of thiazole rings is 1. The summed E-state index contributed by atoms with van der Waals surface area (Å²) in [5.74, 6) is 0.679. The minimum Gasteiger partial charge on any atom is -0.486 e. The van der Waals surface area contributed by atoms with E-state index in [0.29, 0.717) is 22.5 Å². The van der Waals surface area contributed by atoms with Gasteiger partial charge in [0.25, 0.3) is 5.91 Å². The number of piperidine rings is 1. The maximum Gasteiger partial charge on any atom is 0.263 e. The summed E-state index contributed by atoms with van der Waals surface area (Å²) >= 11 is 7.25. The molecule has 0 bridgehead atoms. The zero-order valence-electron chi connectivity index (χ0n) is 14.3. The Kier molecular flexibility index (Phi) is 5.93. The normalized spacial score (nSPS) is 20.3. The molecule has 1 aliphatic heterocycles. The van der Waals surface area contributed by atoms with E-state index in [0.717, 1.165) is 35.8 Å². The van der Waals surface area contributed by atoms with Crippen LogP contribution in [-0.4, -0.2) is 29.5 Å². The molecule has 2 heterocycles. The van der Waals surface area contributed by atoms with Gasteiger partial charge in [-0.3, -0.25) is 4.79 Å². The van der Waals surface area contributed by atoms with Gasteiger partial charge in [-0.1, -0.05) is 11.6 Å². The van der Waals surface area contributed by atoms with Crippen LogP contribution in [0.15, 0.2) is 24.3 Å². The second-order valence-electron chi connectivity index (χ2n) is 6.23. The van der Waals surface area contributed by atoms with Crippen LogP contribution in [-0.2, 0) is 6.61 Å². The van der Waals surface area contributed by atoms with E-state index in [1.54, 1.807) is 12.1 Å². The van der Waals surface area contributed by atoms with Gasteiger partial charge >= 0.3 is 0 Å². The molecule has 0 aliphatic carbocycles. The Morgan fingerprint density at radius 2 is 2.20 bits per heavy atom. The number of halogens is 1. The zero-order chi connectivity index (χ0) is 17.8. The standard InChI is InChI=1S/C18H22ClN3O2S/c1-11-15(4-3-9-20-11)22-18(23)17-12(2)21-16(25-17)10-24-14-7-5-13(19)6-8-14/h5-8,11,15,20H,3-4,9-10H2,1-2H3,(H,22,23). The molecule has 2 N–H and O–H groups in total. The van der Waals surface area contributed by atoms with Gasteiger partial charge in [0.1, 0.15) is 22.2 Å². The molecule has 1 aliphatic rings. The second-order valence-corrected chi connectivity index (χ2v) is 7.75. The number of carbonyl (C=O) groups excluding carboxylic acids is 1. The average molecular weight is 380 g/mol. The van der Waals surface area contributed by atoms with E-state index < -0.39 is 0 Å². The number of rotatable bonds is 5. The number of hydrogen-bond donors (Lipinski definition) is 2. The Balaban J connectivity index is 1.61. The van der Waals surface area contributed by atoms with E-state index in [1.807, 2.05) is 19.1 Å². The summed E-state index contributed by atoms with van der Waals surface area (Å²) in [7, 11) is 0. The largest absolute Gasteiger partial charge is 0.486 e. The number of aromatic nitrogens is 1. The molecule has 2 unspecified atom stereocenters. The molecular weight excluding hydrogens is 358 g/mol. The first kappa shape index (κ1) is 18.2. The highest BCUT2D eigenvalue weighted by molar-refractivity contribution is 7.13. The summed E-state index contributed by atoms with van der Waals surface area (Å²) in [4.78, 5) is 17.7. The van der Waals surface area contributed by atoms with E-state index in [2.05, 4.69) is 22.5 Å². The fraction of sp³-hybridized carbons (Fsp3) is 0.444. The lowest BCUT2D eigenvalue weighted by Gasteiger charge is -2.30. The predicted octanol–water partition coefficient (Wildman–Crippen LogP) is 3.55. The van der Waals surface area contributed by atoms with Crippen LogP contribution in [0, 0.1) is 6.92 Å². The van der Waals surface area contributed by atoms with Crippen LogP contribution < -0.4 is 15.4 Å². The van der Waals surface area contributed by atoms with E-state index >= 15 is 0 Å². The molecule has 3 rings (SSSR count). The molecule has 0 radical (unpaired) electrons. The molecule has 0 saturated carbocycles. The minimum absolute atomic E-state index is 0.0479. The zero-order valence-corrected chi connectivity index (χ0v) is 15.9. The third-order valence-corrected chi connectivity index (χ3v) is 5.68. The van der Waals surface area contributed by atoms with Crippen LogP contribution in [0.2, 0.25) is 5.02 Å². The highest BCUT2D eigenvalue weighted by Crippen LogP contribution is 2.22. The van der Waals surface area contributed by atoms with Crippen molar-refractivity contribution in [2.24, 2.45) is 0 Å². The van der Waals surface area contributed by atoms with Gasteiger partial charge in [0.15, 0.2) is 0 Å². The molecule has 1 aromatic heterocycles. The monoisotopic (exact) mass is 379 g/mol. The third kappa shape index (κ3) is 4.71. The predicted molar refractivity (Wildman–Crippen MR) is 101 cm³/mol. The highest BCUT2D eigenvalue weighted by Gasteiger charge is 2.24. The smallest absolute Gasteiger partial charge is 0.263 e. The Bertz CT molecular complexity index is 732. The van der Waals surface area contributed by atoms with Gasteiger partial charge in [-0.05, 0) is 57.5 Å². The van der Waals surface area contributed by atoms with Crippen LogP contribution in [0.4, 0.5) is 0 Å². The molecule has 2 atom stereocenters. The summed E-state index contributed by atoms with van der Waals surface area (Å²) in [5, 5.41) is 7.98. The van der Waals surface area contributed by atoms with E-state index in [-0.39, 0.29) is 11.9 Å². The first-order chi connectivity index (χ1) is 12.0. The Morgan fingerprint density at radius 3 is 2.92 bits per heavy atom. The van der Waals surface area contributed by atoms with Crippen LogP contribution >= 0.6 is 22.9 Å². The number of carbonyl (C=O) groups is 1. The first-order valence-electron chi connectivity index (χ1n) is 8.42. The van der Waals surface area contributed by atoms with Crippen molar-refractivity contribution in [2.75, 3.05) is 6.54 Å². The average Bonchev–Trinajstić information content (AvgIpc) is 2.97. The first-order valence-corrected chi connectivity index (χ1v) is 9.61. The minimum atomic E-state index is -0.0479. The maximum atomic E-state index is 12.6. The molecule has 1 saturated heterocycles. The molecule has 1 aromatic carbocycles. The van der Waals surface area contributed by atoms with Crippen molar-refractivity contribution in [3.63, 3.8) is 0 Å². The van der Waals surface area contributed by atoms with E-state index in [9.17, 15) is 4.79 Å². The number of nitrogens with zero attached hydrogens (tertiary/aromatic N) is 1. The van der Waals surface area contributed by atoms with Crippen molar-refractivity contribution in [2.45, 2.75) is 45.4 Å². The summed E-state index contributed by atoms with van der Waals surface area (Å²) in [5.41, 5.74) is 0.744. The molecule has 0 spiro atoms. The molecule has 134 valence electrons. The summed E-state index contributed by atoms with van der Waals surface area (Å²) in [6.07, 6.45) is 2.08. The number of benzene rings is 1. The SMILES string of the molecule is Cc1nc(COc2ccc(Cl)cc2)sc1C(=O)NC1CCCNC1C. The molecule has 5 nitrogen and oxygen atoms in total. The molecule has 7 heteroatoms. The lowest BCUT2D eigenvalue weighted by Crippen LogP contribution is -2.51. The number of ether oxygens (including phenoxy) is 1. The quantitative estimate of drug-likeness (QED) is 0.833. The van der Waals surface area contributed by atoms with Gasteiger partial charge < -0.3 is 15.4 Å². The lowest BCUT2D eigenvalue weighted by molar-refractivity contribution is 0.0923. The van der Waals surface area contributed by atoms with Crippen molar-refractivity contribution in [1.82, 2.24) is 15.6 Å². The highest BCUT2D eigenvalue weighted by atomic mass is 35.5. The van der Waals surface area contributed by atoms with E-state index in [4.69, 9.17) is 16.3 Å². The van der Waals surface area contributed by atoms with Crippen molar-refractivity contribution in [1.29, 1.82) is 0 Å².